The number of amides is 1. The zero-order valence-electron chi connectivity index (χ0n) is 11.6. The molecule has 3 N–H and O–H groups in total. The lowest BCUT2D eigenvalue weighted by Crippen LogP contribution is -2.13. The van der Waals surface area contributed by atoms with Crippen molar-refractivity contribution in [3.05, 3.63) is 24.3 Å². The van der Waals surface area contributed by atoms with Crippen LogP contribution in [0, 0.1) is 0 Å². The van der Waals surface area contributed by atoms with E-state index in [-0.39, 0.29) is 24.9 Å². The van der Waals surface area contributed by atoms with Gasteiger partial charge < -0.3 is 20.5 Å². The summed E-state index contributed by atoms with van der Waals surface area (Å²) in [5.74, 6) is 0.262. The highest BCUT2D eigenvalue weighted by molar-refractivity contribution is 5.90. The van der Waals surface area contributed by atoms with E-state index in [1.165, 1.54) is 7.11 Å². The van der Waals surface area contributed by atoms with Crippen LogP contribution < -0.4 is 15.8 Å². The molecule has 0 atom stereocenters. The molecule has 0 aliphatic rings. The van der Waals surface area contributed by atoms with Crippen LogP contribution >= 0.6 is 0 Å². The number of anilines is 1. The maximum Gasteiger partial charge on any atom is 0.308 e. The van der Waals surface area contributed by atoms with E-state index in [1.807, 2.05) is 0 Å². The van der Waals surface area contributed by atoms with Gasteiger partial charge in [0.2, 0.25) is 5.91 Å². The molecule has 0 radical (unpaired) electrons. The molecule has 1 aromatic carbocycles. The number of nitrogens with two attached hydrogens (primary N) is 1. The zero-order valence-corrected chi connectivity index (χ0v) is 11.6. The lowest BCUT2D eigenvalue weighted by molar-refractivity contribution is -0.141. The van der Waals surface area contributed by atoms with Crippen LogP contribution in [0.15, 0.2) is 24.3 Å². The van der Waals surface area contributed by atoms with Crippen LogP contribution in [0.1, 0.15) is 19.3 Å². The number of nitrogens with one attached hydrogen (secondary N) is 1. The first-order valence-corrected chi connectivity index (χ1v) is 6.45. The van der Waals surface area contributed by atoms with E-state index in [0.29, 0.717) is 30.8 Å². The molecule has 0 saturated heterocycles. The molecule has 0 fully saturated rings. The molecule has 0 aliphatic carbocycles. The van der Waals surface area contributed by atoms with Crippen LogP contribution in [0.25, 0.3) is 0 Å². The van der Waals surface area contributed by atoms with Crippen molar-refractivity contribution in [1.29, 1.82) is 0 Å². The first kappa shape index (κ1) is 16.0. The fourth-order valence-electron chi connectivity index (χ4n) is 1.47. The van der Waals surface area contributed by atoms with Crippen molar-refractivity contribution in [2.24, 2.45) is 5.73 Å². The summed E-state index contributed by atoms with van der Waals surface area (Å²) in [4.78, 5) is 22.4. The molecule has 6 nitrogen and oxygen atoms in total. The molecule has 0 unspecified atom stereocenters. The molecule has 110 valence electrons. The smallest absolute Gasteiger partial charge is 0.308 e. The number of hydrogen-bond acceptors (Lipinski definition) is 5. The highest BCUT2D eigenvalue weighted by Crippen LogP contribution is 2.16. The number of benzene rings is 1. The second kappa shape index (κ2) is 8.92. The van der Waals surface area contributed by atoms with Gasteiger partial charge in [-0.1, -0.05) is 0 Å². The van der Waals surface area contributed by atoms with E-state index >= 15 is 0 Å². The number of hydrogen-bond donors (Lipinski definition) is 2. The van der Waals surface area contributed by atoms with Gasteiger partial charge in [-0.05, 0) is 37.2 Å². The second-order valence-electron chi connectivity index (χ2n) is 4.14. The van der Waals surface area contributed by atoms with Gasteiger partial charge in [0.15, 0.2) is 0 Å². The van der Waals surface area contributed by atoms with Crippen molar-refractivity contribution in [1.82, 2.24) is 0 Å². The maximum atomic E-state index is 11.5. The molecule has 0 heterocycles. The van der Waals surface area contributed by atoms with Gasteiger partial charge in [0, 0.05) is 12.1 Å². The van der Waals surface area contributed by atoms with Gasteiger partial charge in [-0.2, -0.15) is 0 Å². The van der Waals surface area contributed by atoms with E-state index in [2.05, 4.69) is 10.1 Å². The summed E-state index contributed by atoms with van der Waals surface area (Å²) in [7, 11) is 1.34. The maximum absolute atomic E-state index is 11.5. The van der Waals surface area contributed by atoms with Crippen LogP contribution in [0.3, 0.4) is 0 Å². The van der Waals surface area contributed by atoms with Gasteiger partial charge in [0.05, 0.1) is 20.1 Å². The summed E-state index contributed by atoms with van der Waals surface area (Å²) < 4.78 is 9.88. The lowest BCUT2D eigenvalue weighted by Gasteiger charge is -2.08. The van der Waals surface area contributed by atoms with Crippen molar-refractivity contribution < 1.29 is 19.1 Å². The minimum absolute atomic E-state index is 0.0604. The first-order chi connectivity index (χ1) is 9.65. The Kier molecular flexibility index (Phi) is 7.13. The Hall–Kier alpha value is -2.08. The van der Waals surface area contributed by atoms with E-state index in [1.54, 1.807) is 24.3 Å². The molecular formula is C14H20N2O4. The number of carbonyl (C=O) groups excluding carboxylic acids is 2. The first-order valence-electron chi connectivity index (χ1n) is 6.45. The van der Waals surface area contributed by atoms with Crippen molar-refractivity contribution in [3.63, 3.8) is 0 Å². The van der Waals surface area contributed by atoms with Crippen LogP contribution in [-0.4, -0.2) is 32.1 Å². The highest BCUT2D eigenvalue weighted by atomic mass is 16.5. The van der Waals surface area contributed by atoms with Gasteiger partial charge in [0.1, 0.15) is 5.75 Å². The standard InChI is InChI=1S/C14H20N2O4/c1-19-14(18)8-10-20-12-6-4-11(5-7-12)16-13(17)3-2-9-15/h4-7H,2-3,8-10,15H2,1H3,(H,16,17). The fourth-order valence-corrected chi connectivity index (χ4v) is 1.47. The fraction of sp³-hybridized carbons (Fsp3) is 0.429. The average molecular weight is 280 g/mol. The molecule has 0 bridgehead atoms. The molecular weight excluding hydrogens is 260 g/mol. The van der Waals surface area contributed by atoms with E-state index in [0.717, 1.165) is 0 Å². The van der Waals surface area contributed by atoms with Crippen molar-refractivity contribution in [3.8, 4) is 5.75 Å². The zero-order chi connectivity index (χ0) is 14.8. The molecule has 0 aliphatic heterocycles. The Bertz CT molecular complexity index is 431. The molecule has 6 heteroatoms. The predicted octanol–water partition coefficient (Wildman–Crippen LogP) is 1.31. The molecule has 1 amide bonds. The molecule has 20 heavy (non-hydrogen) atoms. The van der Waals surface area contributed by atoms with E-state index < -0.39 is 0 Å². The molecule has 0 aromatic heterocycles. The van der Waals surface area contributed by atoms with Crippen molar-refractivity contribution >= 4 is 17.6 Å². The summed E-state index contributed by atoms with van der Waals surface area (Å²) in [6, 6.07) is 6.95. The topological polar surface area (TPSA) is 90.6 Å². The second-order valence-corrected chi connectivity index (χ2v) is 4.14. The highest BCUT2D eigenvalue weighted by Gasteiger charge is 2.03. The third-order valence-corrected chi connectivity index (χ3v) is 2.55. The third kappa shape index (κ3) is 6.19. The van der Waals surface area contributed by atoms with Gasteiger partial charge >= 0.3 is 5.97 Å². The largest absolute Gasteiger partial charge is 0.493 e. The Morgan fingerprint density at radius 2 is 1.90 bits per heavy atom. The van der Waals surface area contributed by atoms with Crippen LogP contribution in [0.5, 0.6) is 5.75 Å². The Morgan fingerprint density at radius 1 is 1.20 bits per heavy atom. The van der Waals surface area contributed by atoms with Crippen LogP contribution in [0.4, 0.5) is 5.69 Å². The molecule has 0 spiro atoms. The summed E-state index contributed by atoms with van der Waals surface area (Å²) in [6.07, 6.45) is 1.28. The summed E-state index contributed by atoms with van der Waals surface area (Å²) in [5, 5.41) is 2.76. The van der Waals surface area contributed by atoms with Gasteiger partial charge in [-0.25, -0.2) is 0 Å². The van der Waals surface area contributed by atoms with E-state index in [4.69, 9.17) is 10.5 Å². The molecule has 1 rings (SSSR count). The third-order valence-electron chi connectivity index (χ3n) is 2.55. The summed E-state index contributed by atoms with van der Waals surface area (Å²) in [5.41, 5.74) is 6.04. The molecule has 0 saturated carbocycles. The lowest BCUT2D eigenvalue weighted by atomic mass is 10.2. The minimum atomic E-state index is -0.311. The number of ether oxygens (including phenoxy) is 2. The van der Waals surface area contributed by atoms with Gasteiger partial charge in [0.25, 0.3) is 0 Å². The predicted molar refractivity (Wildman–Crippen MR) is 75.5 cm³/mol. The van der Waals surface area contributed by atoms with Gasteiger partial charge in [-0.3, -0.25) is 9.59 Å². The monoisotopic (exact) mass is 280 g/mol. The van der Waals surface area contributed by atoms with Gasteiger partial charge in [-0.15, -0.1) is 0 Å². The van der Waals surface area contributed by atoms with E-state index in [9.17, 15) is 9.59 Å². The minimum Gasteiger partial charge on any atom is -0.493 e. The summed E-state index contributed by atoms with van der Waals surface area (Å²) >= 11 is 0. The number of rotatable bonds is 8. The average Bonchev–Trinajstić information content (AvgIpc) is 2.46. The Balaban J connectivity index is 2.36. The molecule has 1 aromatic rings. The van der Waals surface area contributed by atoms with Crippen molar-refractivity contribution in [2.45, 2.75) is 19.3 Å². The quantitative estimate of drug-likeness (QED) is 0.700. The summed E-state index contributed by atoms with van der Waals surface area (Å²) in [6.45, 7) is 0.759. The number of methoxy groups -OCH3 is 1. The normalized spacial score (nSPS) is 9.90. The Labute approximate surface area is 118 Å². The van der Waals surface area contributed by atoms with Crippen LogP contribution in [-0.2, 0) is 14.3 Å². The number of esters is 1. The van der Waals surface area contributed by atoms with Crippen LogP contribution in [0.2, 0.25) is 0 Å². The SMILES string of the molecule is COC(=O)CCOc1ccc(NC(=O)CCCN)cc1. The van der Waals surface area contributed by atoms with Crippen molar-refractivity contribution in [2.75, 3.05) is 25.6 Å². The Morgan fingerprint density at radius 3 is 2.50 bits per heavy atom. The number of carbonyl (C=O) groups is 2.